The molecule has 2 unspecified atom stereocenters. The van der Waals surface area contributed by atoms with Crippen LogP contribution in [0.5, 0.6) is 0 Å². The van der Waals surface area contributed by atoms with Gasteiger partial charge < -0.3 is 15.0 Å². The number of halogens is 4. The third-order valence-corrected chi connectivity index (χ3v) is 9.76. The van der Waals surface area contributed by atoms with Crippen LogP contribution in [0.25, 0.3) is 0 Å². The van der Waals surface area contributed by atoms with Crippen molar-refractivity contribution in [3.63, 3.8) is 0 Å². The lowest BCUT2D eigenvalue weighted by atomic mass is 9.92. The number of hydrogen-bond donors (Lipinski definition) is 1. The van der Waals surface area contributed by atoms with Gasteiger partial charge in [0, 0.05) is 83.1 Å². The van der Waals surface area contributed by atoms with Gasteiger partial charge in [-0.15, -0.1) is 0 Å². The van der Waals surface area contributed by atoms with Crippen LogP contribution in [0.3, 0.4) is 0 Å². The molecule has 4 fully saturated rings. The van der Waals surface area contributed by atoms with Crippen LogP contribution in [-0.2, 0) is 17.8 Å². The summed E-state index contributed by atoms with van der Waals surface area (Å²) in [5, 5.41) is 3.37. The van der Waals surface area contributed by atoms with Crippen LogP contribution >= 0.6 is 0 Å². The van der Waals surface area contributed by atoms with E-state index in [1.54, 1.807) is 4.90 Å². The summed E-state index contributed by atoms with van der Waals surface area (Å²) in [7, 11) is 0. The van der Waals surface area contributed by atoms with Gasteiger partial charge in [0.2, 0.25) is 0 Å². The van der Waals surface area contributed by atoms with Gasteiger partial charge in [-0.3, -0.25) is 9.80 Å². The highest BCUT2D eigenvalue weighted by Gasteiger charge is 2.42. The first-order valence-electron chi connectivity index (χ1n) is 16.3. The predicted molar refractivity (Wildman–Crippen MR) is 160 cm³/mol. The lowest BCUT2D eigenvalue weighted by Crippen LogP contribution is -2.52. The zero-order valence-electron chi connectivity index (χ0n) is 25.3. The van der Waals surface area contributed by atoms with E-state index in [-0.39, 0.29) is 50.5 Å². The Hall–Kier alpha value is -2.17. The fourth-order valence-electron chi connectivity index (χ4n) is 7.12. The number of benzene rings is 1. The van der Waals surface area contributed by atoms with Gasteiger partial charge in [0.1, 0.15) is 6.61 Å². The van der Waals surface area contributed by atoms with Gasteiger partial charge in [-0.05, 0) is 62.6 Å². The summed E-state index contributed by atoms with van der Waals surface area (Å²) >= 11 is 0. The first-order chi connectivity index (χ1) is 20.7. The molecule has 1 aromatic carbocycles. The molecule has 0 aromatic heterocycles. The second-order valence-electron chi connectivity index (χ2n) is 12.9. The molecule has 0 bridgehead atoms. The molecule has 1 amide bonds. The Morgan fingerprint density at radius 1 is 0.907 bits per heavy atom. The number of amides is 1. The molecule has 0 aliphatic carbocycles. The highest BCUT2D eigenvalue weighted by molar-refractivity contribution is 5.68. The van der Waals surface area contributed by atoms with Gasteiger partial charge >= 0.3 is 6.09 Å². The number of hydrogen-bond acceptors (Lipinski definition) is 5. The number of likely N-dealkylation sites (tertiary alicyclic amines) is 3. The Morgan fingerprint density at radius 2 is 1.63 bits per heavy atom. The molecule has 0 saturated carbocycles. The number of nitrogens with one attached hydrogen (secondary N) is 1. The van der Waals surface area contributed by atoms with Crippen LogP contribution in [-0.4, -0.2) is 96.6 Å². The summed E-state index contributed by atoms with van der Waals surface area (Å²) in [6, 6.07) is 8.61. The predicted octanol–water partition coefficient (Wildman–Crippen LogP) is 6.25. The monoisotopic (exact) mass is 608 g/mol. The number of unbranched alkanes of at least 4 members (excludes halogenated alkanes) is 1. The van der Waals surface area contributed by atoms with E-state index in [2.05, 4.69) is 39.4 Å². The Labute approximate surface area is 253 Å². The number of carbonyl (C=O) groups excluding carboxylic acids is 1. The molecule has 1 N–H and O–H groups in total. The zero-order valence-corrected chi connectivity index (χ0v) is 25.3. The largest absolute Gasteiger partial charge is 0.445 e. The highest BCUT2D eigenvalue weighted by Crippen LogP contribution is 2.35. The first kappa shape index (κ1) is 32.2. The van der Waals surface area contributed by atoms with E-state index in [0.29, 0.717) is 38.8 Å². The Balaban J connectivity index is 0.952. The molecule has 4 heterocycles. The van der Waals surface area contributed by atoms with Gasteiger partial charge in [0.15, 0.2) is 0 Å². The second-order valence-corrected chi connectivity index (χ2v) is 12.9. The van der Waals surface area contributed by atoms with Crippen LogP contribution < -0.4 is 5.32 Å². The quantitative estimate of drug-likeness (QED) is 0.183. The molecule has 4 saturated heterocycles. The van der Waals surface area contributed by atoms with Crippen molar-refractivity contribution in [2.24, 2.45) is 0 Å². The Morgan fingerprint density at radius 3 is 2.37 bits per heavy atom. The molecule has 5 rings (SSSR count). The normalized spacial score (nSPS) is 28.1. The van der Waals surface area contributed by atoms with E-state index in [0.717, 1.165) is 63.6 Å². The molecule has 4 aliphatic heterocycles. The van der Waals surface area contributed by atoms with Gasteiger partial charge in [-0.2, -0.15) is 0 Å². The highest BCUT2D eigenvalue weighted by atomic mass is 19.3. The van der Waals surface area contributed by atoms with Crippen LogP contribution in [0.4, 0.5) is 22.4 Å². The summed E-state index contributed by atoms with van der Waals surface area (Å²) in [5.74, 6) is -5.10. The Bertz CT molecular complexity index is 1050. The fraction of sp³-hybridized carbons (Fsp3) is 0.727. The smallest absolute Gasteiger partial charge is 0.410 e. The molecule has 1 aromatic rings. The molecule has 0 spiro atoms. The summed E-state index contributed by atoms with van der Waals surface area (Å²) in [5.41, 5.74) is 2.16. The fourth-order valence-corrected chi connectivity index (χ4v) is 7.12. The van der Waals surface area contributed by atoms with Crippen molar-refractivity contribution in [3.05, 3.63) is 47.5 Å². The van der Waals surface area contributed by atoms with Crippen LogP contribution in [0.1, 0.15) is 75.3 Å². The minimum atomic E-state index is -2.56. The summed E-state index contributed by atoms with van der Waals surface area (Å²) < 4.78 is 60.7. The van der Waals surface area contributed by atoms with E-state index in [1.165, 1.54) is 5.56 Å². The summed E-state index contributed by atoms with van der Waals surface area (Å²) in [4.78, 5) is 18.7. The van der Waals surface area contributed by atoms with E-state index in [4.69, 9.17) is 4.74 Å². The first-order valence-corrected chi connectivity index (χ1v) is 16.3. The zero-order chi connectivity index (χ0) is 30.3. The van der Waals surface area contributed by atoms with Crippen molar-refractivity contribution >= 4 is 6.09 Å². The standard InChI is InChI=1S/C33H48F4N4O2/c34-32(35)14-19-39(20-15-32)30-13-18-40(24-30)31(42)43-25-27-10-8-26(9-11-27)6-4-2-1-3-5-7-28-22-33(36,37)16-21-41(28)29-12-17-38-23-29/h1,3,8-11,28-30,38H,2,4-7,12-25H2/b3-1-/t28?,29?,30-/m1/s1. The van der Waals surface area contributed by atoms with E-state index in [1.807, 2.05) is 12.1 Å². The van der Waals surface area contributed by atoms with Crippen molar-refractivity contribution in [3.8, 4) is 0 Å². The van der Waals surface area contributed by atoms with Crippen LogP contribution in [0, 0.1) is 0 Å². The maximum absolute atomic E-state index is 14.1. The third-order valence-electron chi connectivity index (χ3n) is 9.76. The van der Waals surface area contributed by atoms with Gasteiger partial charge in [0.25, 0.3) is 11.8 Å². The molecular weight excluding hydrogens is 560 g/mol. The summed E-state index contributed by atoms with van der Waals surface area (Å²) in [6.07, 6.45) is 10.1. The van der Waals surface area contributed by atoms with E-state index < -0.39 is 11.8 Å². The average molecular weight is 609 g/mol. The van der Waals surface area contributed by atoms with Gasteiger partial charge in [-0.1, -0.05) is 36.4 Å². The molecule has 43 heavy (non-hydrogen) atoms. The number of rotatable bonds is 11. The molecule has 10 heteroatoms. The van der Waals surface area contributed by atoms with E-state index in [9.17, 15) is 22.4 Å². The topological polar surface area (TPSA) is 48.1 Å². The van der Waals surface area contributed by atoms with Crippen LogP contribution in [0.15, 0.2) is 36.4 Å². The van der Waals surface area contributed by atoms with Crippen molar-refractivity contribution in [2.45, 2.75) is 107 Å². The summed E-state index contributed by atoms with van der Waals surface area (Å²) in [6.45, 7) is 4.49. The second kappa shape index (κ2) is 14.7. The molecule has 240 valence electrons. The van der Waals surface area contributed by atoms with Crippen molar-refractivity contribution in [1.29, 1.82) is 0 Å². The minimum Gasteiger partial charge on any atom is -0.445 e. The van der Waals surface area contributed by atoms with Crippen molar-refractivity contribution < 1.29 is 27.1 Å². The molecule has 0 radical (unpaired) electrons. The lowest BCUT2D eigenvalue weighted by molar-refractivity contribution is -0.0876. The molecular formula is C33H48F4N4O2. The number of piperidine rings is 2. The number of allylic oxidation sites excluding steroid dienone is 2. The van der Waals surface area contributed by atoms with Crippen LogP contribution in [0.2, 0.25) is 0 Å². The van der Waals surface area contributed by atoms with Crippen molar-refractivity contribution in [1.82, 2.24) is 20.0 Å². The average Bonchev–Trinajstić information content (AvgIpc) is 3.69. The Kier molecular flexibility index (Phi) is 11.0. The third kappa shape index (κ3) is 9.41. The molecule has 4 aliphatic rings. The maximum Gasteiger partial charge on any atom is 0.410 e. The van der Waals surface area contributed by atoms with Gasteiger partial charge in [0.05, 0.1) is 0 Å². The van der Waals surface area contributed by atoms with Crippen molar-refractivity contribution in [2.75, 3.05) is 45.8 Å². The SMILES string of the molecule is O=C(OCc1ccc(CCC/C=C\CCC2CC(F)(F)CCN2C2CCNC2)cc1)N1CC[C@@H](N2CCC(F)(F)CC2)C1. The number of ether oxygens (including phenoxy) is 1. The number of carbonyl (C=O) groups is 1. The van der Waals surface area contributed by atoms with Gasteiger partial charge in [-0.25, -0.2) is 22.4 Å². The maximum atomic E-state index is 14.1. The molecule has 6 nitrogen and oxygen atoms in total. The minimum absolute atomic E-state index is 0.0181. The lowest BCUT2D eigenvalue weighted by Gasteiger charge is -2.42. The number of nitrogens with zero attached hydrogens (tertiary/aromatic N) is 3. The van der Waals surface area contributed by atoms with E-state index >= 15 is 0 Å². The molecule has 3 atom stereocenters. The number of aryl methyl sites for hydroxylation is 1. The number of alkyl halides is 4.